The molecular formula is C13H14Cl2N2. The van der Waals surface area contributed by atoms with Crippen LogP contribution in [0.25, 0.3) is 0 Å². The van der Waals surface area contributed by atoms with Crippen molar-refractivity contribution in [2.75, 3.05) is 0 Å². The molecule has 3 N–H and O–H groups in total. The normalized spacial score (nSPS) is 11.7. The van der Waals surface area contributed by atoms with Gasteiger partial charge in [-0.05, 0) is 35.4 Å². The maximum Gasteiger partial charge on any atom is 0.0595 e. The Morgan fingerprint density at radius 3 is 2.18 bits per heavy atom. The van der Waals surface area contributed by atoms with E-state index in [2.05, 4.69) is 11.9 Å². The summed E-state index contributed by atoms with van der Waals surface area (Å²) in [7, 11) is 0. The molecule has 0 saturated heterocycles. The van der Waals surface area contributed by atoms with Crippen LogP contribution >= 0.6 is 23.2 Å². The largest absolute Gasteiger partial charge is 0.344 e. The number of benzene rings is 1. The monoisotopic (exact) mass is 268 g/mol. The Labute approximate surface area is 111 Å². The first-order chi connectivity index (χ1) is 7.68. The van der Waals surface area contributed by atoms with Gasteiger partial charge in [0.05, 0.1) is 10.0 Å². The fraction of sp³-hybridized carbons (Fsp3) is 0.154. The zero-order chi connectivity index (χ0) is 11.5. The molecule has 1 aromatic carbocycles. The minimum absolute atomic E-state index is 0. The first kappa shape index (κ1) is 14.0. The standard InChI is InChI=1S/C13H11Cl2N.H3N/c1-9(10-4-6-16-7-5-10)11-2-3-12(14)13(15)8-11;/h2-9H,1H3;1H3. The van der Waals surface area contributed by atoms with Crippen LogP contribution in [-0.4, -0.2) is 4.98 Å². The second-order valence-corrected chi connectivity index (χ2v) is 4.49. The van der Waals surface area contributed by atoms with Gasteiger partial charge >= 0.3 is 0 Å². The van der Waals surface area contributed by atoms with E-state index in [1.165, 1.54) is 5.56 Å². The van der Waals surface area contributed by atoms with Gasteiger partial charge in [0.2, 0.25) is 0 Å². The van der Waals surface area contributed by atoms with Gasteiger partial charge in [0.1, 0.15) is 0 Å². The lowest BCUT2D eigenvalue weighted by atomic mass is 9.94. The third kappa shape index (κ3) is 3.19. The molecule has 4 heteroatoms. The number of rotatable bonds is 2. The Morgan fingerprint density at radius 2 is 1.59 bits per heavy atom. The van der Waals surface area contributed by atoms with Gasteiger partial charge in [0.25, 0.3) is 0 Å². The molecule has 0 fully saturated rings. The fourth-order valence-electron chi connectivity index (χ4n) is 1.63. The van der Waals surface area contributed by atoms with Crippen LogP contribution in [0.3, 0.4) is 0 Å². The molecule has 0 radical (unpaired) electrons. The molecule has 2 rings (SSSR count). The maximum absolute atomic E-state index is 6.00. The van der Waals surface area contributed by atoms with Gasteiger partial charge in [0.15, 0.2) is 0 Å². The molecule has 1 aromatic heterocycles. The second kappa shape index (κ2) is 6.01. The minimum atomic E-state index is 0. The Hall–Kier alpha value is -1.09. The molecule has 0 bridgehead atoms. The molecule has 0 aliphatic rings. The predicted molar refractivity (Wildman–Crippen MR) is 73.2 cm³/mol. The van der Waals surface area contributed by atoms with Crippen molar-refractivity contribution in [1.29, 1.82) is 0 Å². The van der Waals surface area contributed by atoms with Crippen molar-refractivity contribution in [3.63, 3.8) is 0 Å². The summed E-state index contributed by atoms with van der Waals surface area (Å²) in [5.41, 5.74) is 2.37. The summed E-state index contributed by atoms with van der Waals surface area (Å²) in [6.45, 7) is 2.13. The number of hydrogen-bond acceptors (Lipinski definition) is 2. The molecule has 0 aliphatic heterocycles. The number of hydrogen-bond donors (Lipinski definition) is 1. The number of pyridine rings is 1. The van der Waals surface area contributed by atoms with Gasteiger partial charge in [-0.3, -0.25) is 4.98 Å². The summed E-state index contributed by atoms with van der Waals surface area (Å²) in [6, 6.07) is 9.76. The zero-order valence-electron chi connectivity index (χ0n) is 9.53. The van der Waals surface area contributed by atoms with E-state index in [-0.39, 0.29) is 12.1 Å². The molecule has 1 heterocycles. The van der Waals surface area contributed by atoms with E-state index >= 15 is 0 Å². The Morgan fingerprint density at radius 1 is 0.941 bits per heavy atom. The van der Waals surface area contributed by atoms with Crippen molar-refractivity contribution in [2.24, 2.45) is 0 Å². The SMILES string of the molecule is CC(c1ccncc1)c1ccc(Cl)c(Cl)c1.N. The molecule has 0 aliphatic carbocycles. The molecule has 2 nitrogen and oxygen atoms in total. The molecular weight excluding hydrogens is 255 g/mol. The highest BCUT2D eigenvalue weighted by atomic mass is 35.5. The summed E-state index contributed by atoms with van der Waals surface area (Å²) < 4.78 is 0. The van der Waals surface area contributed by atoms with Crippen molar-refractivity contribution in [2.45, 2.75) is 12.8 Å². The predicted octanol–water partition coefficient (Wildman–Crippen LogP) is 4.70. The first-order valence-electron chi connectivity index (χ1n) is 5.03. The van der Waals surface area contributed by atoms with E-state index < -0.39 is 0 Å². The highest BCUT2D eigenvalue weighted by Crippen LogP contribution is 2.29. The summed E-state index contributed by atoms with van der Waals surface area (Å²) in [5, 5.41) is 1.19. The van der Waals surface area contributed by atoms with Gasteiger partial charge in [0, 0.05) is 18.3 Å². The average molecular weight is 269 g/mol. The number of halogens is 2. The Kier molecular flexibility index (Phi) is 4.94. The summed E-state index contributed by atoms with van der Waals surface area (Å²) >= 11 is 11.9. The molecule has 17 heavy (non-hydrogen) atoms. The van der Waals surface area contributed by atoms with Crippen molar-refractivity contribution in [3.05, 3.63) is 63.9 Å². The van der Waals surface area contributed by atoms with E-state index in [4.69, 9.17) is 23.2 Å². The number of nitrogens with zero attached hydrogens (tertiary/aromatic N) is 1. The summed E-state index contributed by atoms with van der Waals surface area (Å²) in [6.07, 6.45) is 3.59. The van der Waals surface area contributed by atoms with E-state index in [1.807, 2.05) is 30.3 Å². The van der Waals surface area contributed by atoms with Crippen LogP contribution < -0.4 is 6.15 Å². The van der Waals surface area contributed by atoms with Crippen LogP contribution in [0.4, 0.5) is 0 Å². The lowest BCUT2D eigenvalue weighted by molar-refractivity contribution is 0.917. The average Bonchev–Trinajstić information content (AvgIpc) is 2.33. The highest BCUT2D eigenvalue weighted by molar-refractivity contribution is 6.42. The van der Waals surface area contributed by atoms with Gasteiger partial charge < -0.3 is 6.15 Å². The van der Waals surface area contributed by atoms with E-state index in [0.717, 1.165) is 5.56 Å². The van der Waals surface area contributed by atoms with Crippen LogP contribution in [0, 0.1) is 0 Å². The van der Waals surface area contributed by atoms with Gasteiger partial charge in [-0.15, -0.1) is 0 Å². The van der Waals surface area contributed by atoms with Crippen LogP contribution in [0.15, 0.2) is 42.7 Å². The van der Waals surface area contributed by atoms with Crippen molar-refractivity contribution >= 4 is 23.2 Å². The van der Waals surface area contributed by atoms with Crippen molar-refractivity contribution in [3.8, 4) is 0 Å². The molecule has 90 valence electrons. The van der Waals surface area contributed by atoms with Crippen LogP contribution in [0.1, 0.15) is 24.0 Å². The third-order valence-electron chi connectivity index (χ3n) is 2.65. The molecule has 0 saturated carbocycles. The fourth-order valence-corrected chi connectivity index (χ4v) is 1.93. The topological polar surface area (TPSA) is 47.9 Å². The van der Waals surface area contributed by atoms with E-state index in [0.29, 0.717) is 10.0 Å². The van der Waals surface area contributed by atoms with Gasteiger partial charge in [-0.25, -0.2) is 0 Å². The third-order valence-corrected chi connectivity index (χ3v) is 3.39. The van der Waals surface area contributed by atoms with Gasteiger partial charge in [-0.1, -0.05) is 36.2 Å². The van der Waals surface area contributed by atoms with Crippen LogP contribution in [0.5, 0.6) is 0 Å². The zero-order valence-corrected chi connectivity index (χ0v) is 11.0. The Bertz CT molecular complexity index is 486. The summed E-state index contributed by atoms with van der Waals surface area (Å²) in [5.74, 6) is 0.290. The maximum atomic E-state index is 6.00. The highest BCUT2D eigenvalue weighted by Gasteiger charge is 2.09. The quantitative estimate of drug-likeness (QED) is 0.858. The lowest BCUT2D eigenvalue weighted by Crippen LogP contribution is -1.95. The Balaban J connectivity index is 0.00000144. The van der Waals surface area contributed by atoms with E-state index in [9.17, 15) is 0 Å². The van der Waals surface area contributed by atoms with Crippen molar-refractivity contribution < 1.29 is 0 Å². The van der Waals surface area contributed by atoms with Crippen LogP contribution in [-0.2, 0) is 0 Å². The molecule has 1 atom stereocenters. The molecule has 1 unspecified atom stereocenters. The minimum Gasteiger partial charge on any atom is -0.344 e. The lowest BCUT2D eigenvalue weighted by Gasteiger charge is -2.12. The molecule has 0 spiro atoms. The molecule has 0 amide bonds. The van der Waals surface area contributed by atoms with Gasteiger partial charge in [-0.2, -0.15) is 0 Å². The smallest absolute Gasteiger partial charge is 0.0595 e. The second-order valence-electron chi connectivity index (χ2n) is 3.68. The molecule has 2 aromatic rings. The van der Waals surface area contributed by atoms with Crippen molar-refractivity contribution in [1.82, 2.24) is 11.1 Å². The van der Waals surface area contributed by atoms with Crippen LogP contribution in [0.2, 0.25) is 10.0 Å². The number of aromatic nitrogens is 1. The summed E-state index contributed by atoms with van der Waals surface area (Å²) in [4.78, 5) is 4.01. The van der Waals surface area contributed by atoms with E-state index in [1.54, 1.807) is 12.4 Å². The first-order valence-corrected chi connectivity index (χ1v) is 5.79.